The van der Waals surface area contributed by atoms with Gasteiger partial charge in [-0.05, 0) is 49.4 Å². The molecule has 0 aliphatic carbocycles. The monoisotopic (exact) mass is 339 g/mol. The Balaban J connectivity index is 1.75. The fourth-order valence-electron chi connectivity index (χ4n) is 3.06. The predicted molar refractivity (Wildman–Crippen MR) is 94.6 cm³/mol. The van der Waals surface area contributed by atoms with Gasteiger partial charge in [-0.3, -0.25) is 14.6 Å². The Morgan fingerprint density at radius 1 is 1.32 bits per heavy atom. The maximum absolute atomic E-state index is 12.7. The van der Waals surface area contributed by atoms with Gasteiger partial charge in [-0.2, -0.15) is 0 Å². The molecule has 2 aromatic rings. The number of anilines is 2. The van der Waals surface area contributed by atoms with Crippen LogP contribution in [0.15, 0.2) is 36.8 Å². The summed E-state index contributed by atoms with van der Waals surface area (Å²) in [6, 6.07) is 5.36. The molecule has 1 atom stereocenters. The summed E-state index contributed by atoms with van der Waals surface area (Å²) in [5.74, 6) is -0.804. The van der Waals surface area contributed by atoms with E-state index in [2.05, 4.69) is 15.3 Å². The molecule has 2 amide bonds. The topological polar surface area (TPSA) is 101 Å². The van der Waals surface area contributed by atoms with Crippen molar-refractivity contribution >= 4 is 23.3 Å². The summed E-state index contributed by atoms with van der Waals surface area (Å²) < 4.78 is 0. The van der Waals surface area contributed by atoms with Gasteiger partial charge in [-0.15, -0.1) is 0 Å². The highest BCUT2D eigenvalue weighted by Gasteiger charge is 2.31. The van der Waals surface area contributed by atoms with Gasteiger partial charge in [-0.25, -0.2) is 4.98 Å². The maximum atomic E-state index is 12.7. The third kappa shape index (κ3) is 3.76. The van der Waals surface area contributed by atoms with Crippen LogP contribution in [-0.2, 0) is 9.59 Å². The van der Waals surface area contributed by atoms with E-state index in [1.165, 1.54) is 6.20 Å². The standard InChI is InChI=1S/C18H21N5O2/c1-12-9-14(11-21-16(12)19)22-17(24)18(25)23-8-3-2-6-15(23)13-5-4-7-20-10-13/h4-5,7,9-11,15H,2-3,6,8H2,1H3,(H2,19,21)(H,22,24). The molecule has 3 N–H and O–H groups in total. The van der Waals surface area contributed by atoms with Crippen LogP contribution in [0.1, 0.15) is 36.4 Å². The van der Waals surface area contributed by atoms with Gasteiger partial charge in [0.2, 0.25) is 0 Å². The summed E-state index contributed by atoms with van der Waals surface area (Å²) in [7, 11) is 0. The molecule has 3 heterocycles. The molecule has 1 unspecified atom stereocenters. The first-order valence-electron chi connectivity index (χ1n) is 8.30. The lowest BCUT2D eigenvalue weighted by Crippen LogP contribution is -2.44. The van der Waals surface area contributed by atoms with Crippen molar-refractivity contribution in [3.63, 3.8) is 0 Å². The molecule has 7 nitrogen and oxygen atoms in total. The summed E-state index contributed by atoms with van der Waals surface area (Å²) in [6.45, 7) is 2.35. The van der Waals surface area contributed by atoms with E-state index in [-0.39, 0.29) is 6.04 Å². The fraction of sp³-hybridized carbons (Fsp3) is 0.333. The number of rotatable bonds is 2. The zero-order chi connectivity index (χ0) is 17.8. The van der Waals surface area contributed by atoms with Crippen LogP contribution in [0.4, 0.5) is 11.5 Å². The molecule has 1 fully saturated rings. The number of nitrogen functional groups attached to an aromatic ring is 1. The van der Waals surface area contributed by atoms with Crippen LogP contribution < -0.4 is 11.1 Å². The van der Waals surface area contributed by atoms with Crippen molar-refractivity contribution in [2.45, 2.75) is 32.2 Å². The lowest BCUT2D eigenvalue weighted by molar-refractivity contribution is -0.145. The van der Waals surface area contributed by atoms with E-state index in [1.54, 1.807) is 30.3 Å². The molecule has 1 aliphatic heterocycles. The Kier molecular flexibility index (Phi) is 4.92. The predicted octanol–water partition coefficient (Wildman–Crippen LogP) is 2.06. The summed E-state index contributed by atoms with van der Waals surface area (Å²) >= 11 is 0. The molecule has 0 aromatic carbocycles. The molecule has 1 saturated heterocycles. The number of carbonyl (C=O) groups is 2. The third-order valence-corrected chi connectivity index (χ3v) is 4.40. The number of pyridine rings is 2. The average Bonchev–Trinajstić information content (AvgIpc) is 2.65. The minimum atomic E-state index is -0.665. The van der Waals surface area contributed by atoms with Crippen LogP contribution >= 0.6 is 0 Å². The zero-order valence-electron chi connectivity index (χ0n) is 14.1. The van der Waals surface area contributed by atoms with Crippen LogP contribution in [-0.4, -0.2) is 33.2 Å². The number of nitrogens with zero attached hydrogens (tertiary/aromatic N) is 3. The average molecular weight is 339 g/mol. The van der Waals surface area contributed by atoms with Crippen molar-refractivity contribution in [3.05, 3.63) is 47.9 Å². The summed E-state index contributed by atoms with van der Waals surface area (Å²) in [4.78, 5) is 34.8. The molecule has 0 radical (unpaired) electrons. The van der Waals surface area contributed by atoms with Crippen molar-refractivity contribution in [1.82, 2.24) is 14.9 Å². The lowest BCUT2D eigenvalue weighted by atomic mass is 9.96. The van der Waals surface area contributed by atoms with E-state index in [1.807, 2.05) is 12.1 Å². The number of amides is 2. The van der Waals surface area contributed by atoms with Gasteiger partial charge in [0, 0.05) is 18.9 Å². The van der Waals surface area contributed by atoms with Crippen LogP contribution in [0.2, 0.25) is 0 Å². The normalized spacial score (nSPS) is 17.2. The van der Waals surface area contributed by atoms with Crippen molar-refractivity contribution < 1.29 is 9.59 Å². The number of aromatic nitrogens is 2. The van der Waals surface area contributed by atoms with Crippen molar-refractivity contribution in [2.24, 2.45) is 0 Å². The molecular formula is C18H21N5O2. The molecule has 25 heavy (non-hydrogen) atoms. The largest absolute Gasteiger partial charge is 0.383 e. The molecular weight excluding hydrogens is 318 g/mol. The highest BCUT2D eigenvalue weighted by molar-refractivity contribution is 6.39. The molecule has 7 heteroatoms. The van der Waals surface area contributed by atoms with Crippen LogP contribution in [0.5, 0.6) is 0 Å². The van der Waals surface area contributed by atoms with Gasteiger partial charge < -0.3 is 16.0 Å². The van der Waals surface area contributed by atoms with Crippen LogP contribution in [0.25, 0.3) is 0 Å². The van der Waals surface area contributed by atoms with Crippen molar-refractivity contribution in [1.29, 1.82) is 0 Å². The number of hydrogen-bond acceptors (Lipinski definition) is 5. The minimum absolute atomic E-state index is 0.119. The molecule has 0 spiro atoms. The van der Waals surface area contributed by atoms with Crippen molar-refractivity contribution in [3.8, 4) is 0 Å². The Hall–Kier alpha value is -2.96. The molecule has 0 saturated carbocycles. The first-order valence-corrected chi connectivity index (χ1v) is 8.30. The van der Waals surface area contributed by atoms with E-state index in [0.29, 0.717) is 18.1 Å². The third-order valence-electron chi connectivity index (χ3n) is 4.40. The van der Waals surface area contributed by atoms with E-state index in [9.17, 15) is 9.59 Å². The van der Waals surface area contributed by atoms with Gasteiger partial charge in [0.25, 0.3) is 0 Å². The Morgan fingerprint density at radius 2 is 2.16 bits per heavy atom. The van der Waals surface area contributed by atoms with Gasteiger partial charge in [0.15, 0.2) is 0 Å². The summed E-state index contributed by atoms with van der Waals surface area (Å²) in [6.07, 6.45) is 7.63. The molecule has 130 valence electrons. The quantitative estimate of drug-likeness (QED) is 0.816. The van der Waals surface area contributed by atoms with Gasteiger partial charge in [-0.1, -0.05) is 6.07 Å². The summed E-state index contributed by atoms with van der Waals surface area (Å²) in [5.41, 5.74) is 7.83. The second-order valence-corrected chi connectivity index (χ2v) is 6.18. The minimum Gasteiger partial charge on any atom is -0.383 e. The smallest absolute Gasteiger partial charge is 0.313 e. The number of carbonyl (C=O) groups excluding carboxylic acids is 2. The molecule has 2 aromatic heterocycles. The number of nitrogens with one attached hydrogen (secondary N) is 1. The molecule has 3 rings (SSSR count). The molecule has 0 bridgehead atoms. The maximum Gasteiger partial charge on any atom is 0.313 e. The Bertz CT molecular complexity index is 778. The highest BCUT2D eigenvalue weighted by Crippen LogP contribution is 2.30. The molecule has 1 aliphatic rings. The number of aryl methyl sites for hydroxylation is 1. The number of likely N-dealkylation sites (tertiary alicyclic amines) is 1. The second-order valence-electron chi connectivity index (χ2n) is 6.18. The number of hydrogen-bond donors (Lipinski definition) is 2. The SMILES string of the molecule is Cc1cc(NC(=O)C(=O)N2CCCCC2c2cccnc2)cnc1N. The second kappa shape index (κ2) is 7.29. The zero-order valence-corrected chi connectivity index (χ0v) is 14.1. The van der Waals surface area contributed by atoms with Gasteiger partial charge in [0.1, 0.15) is 5.82 Å². The Morgan fingerprint density at radius 3 is 2.88 bits per heavy atom. The lowest BCUT2D eigenvalue weighted by Gasteiger charge is -2.35. The summed E-state index contributed by atoms with van der Waals surface area (Å²) in [5, 5.41) is 2.62. The Labute approximate surface area is 146 Å². The number of nitrogens with two attached hydrogens (primary N) is 1. The highest BCUT2D eigenvalue weighted by atomic mass is 16.2. The van der Waals surface area contributed by atoms with E-state index < -0.39 is 11.8 Å². The van der Waals surface area contributed by atoms with E-state index >= 15 is 0 Å². The van der Waals surface area contributed by atoms with E-state index in [4.69, 9.17) is 5.73 Å². The van der Waals surface area contributed by atoms with Crippen molar-refractivity contribution in [2.75, 3.05) is 17.6 Å². The first-order chi connectivity index (χ1) is 12.1. The van der Waals surface area contributed by atoms with E-state index in [0.717, 1.165) is 30.4 Å². The van der Waals surface area contributed by atoms with Crippen LogP contribution in [0.3, 0.4) is 0 Å². The van der Waals surface area contributed by atoms with Gasteiger partial charge in [0.05, 0.1) is 17.9 Å². The number of piperidine rings is 1. The fourth-order valence-corrected chi connectivity index (χ4v) is 3.06. The first kappa shape index (κ1) is 16.9. The van der Waals surface area contributed by atoms with Gasteiger partial charge >= 0.3 is 11.8 Å². The van der Waals surface area contributed by atoms with Crippen LogP contribution in [0, 0.1) is 6.92 Å².